The molecule has 0 radical (unpaired) electrons. The van der Waals surface area contributed by atoms with E-state index in [0.29, 0.717) is 25.1 Å². The molecular formula is C29H37N5O. The van der Waals surface area contributed by atoms with Crippen molar-refractivity contribution in [2.24, 2.45) is 0 Å². The summed E-state index contributed by atoms with van der Waals surface area (Å²) in [6.45, 7) is 14.3. The van der Waals surface area contributed by atoms with E-state index < -0.39 is 0 Å². The summed E-state index contributed by atoms with van der Waals surface area (Å²) < 4.78 is 8.33. The highest BCUT2D eigenvalue weighted by molar-refractivity contribution is 5.95. The van der Waals surface area contributed by atoms with Gasteiger partial charge in [-0.1, -0.05) is 26.8 Å². The number of hydrogen-bond acceptors (Lipinski definition) is 5. The quantitative estimate of drug-likeness (QED) is 0.272. The van der Waals surface area contributed by atoms with Crippen LogP contribution in [0, 0.1) is 6.92 Å². The van der Waals surface area contributed by atoms with Gasteiger partial charge in [-0.05, 0) is 74.9 Å². The van der Waals surface area contributed by atoms with E-state index in [-0.39, 0.29) is 0 Å². The van der Waals surface area contributed by atoms with Crippen LogP contribution >= 0.6 is 0 Å². The van der Waals surface area contributed by atoms with Crippen molar-refractivity contribution in [3.8, 4) is 17.1 Å². The van der Waals surface area contributed by atoms with Gasteiger partial charge in [0.2, 0.25) is 5.88 Å². The highest BCUT2D eigenvalue weighted by Crippen LogP contribution is 2.38. The Kier molecular flexibility index (Phi) is 7.69. The van der Waals surface area contributed by atoms with Gasteiger partial charge in [-0.2, -0.15) is 0 Å². The van der Waals surface area contributed by atoms with Crippen molar-refractivity contribution in [2.75, 3.05) is 11.9 Å². The highest BCUT2D eigenvalue weighted by atomic mass is 16.5. The van der Waals surface area contributed by atoms with E-state index in [2.05, 4.69) is 66.6 Å². The van der Waals surface area contributed by atoms with Gasteiger partial charge in [-0.3, -0.25) is 4.98 Å². The third-order valence-corrected chi connectivity index (χ3v) is 6.75. The highest BCUT2D eigenvalue weighted by Gasteiger charge is 2.22. The molecule has 6 heteroatoms. The van der Waals surface area contributed by atoms with Crippen molar-refractivity contribution in [3.05, 3.63) is 65.2 Å². The van der Waals surface area contributed by atoms with Crippen molar-refractivity contribution < 1.29 is 4.74 Å². The summed E-state index contributed by atoms with van der Waals surface area (Å²) in [5.41, 5.74) is 10.0. The first kappa shape index (κ1) is 24.7. The molecular weight excluding hydrogens is 434 g/mol. The van der Waals surface area contributed by atoms with E-state index in [0.717, 1.165) is 41.7 Å². The Balaban J connectivity index is 1.91. The molecule has 0 saturated carbocycles. The summed E-state index contributed by atoms with van der Waals surface area (Å²) in [5.74, 6) is 0.613. The third kappa shape index (κ3) is 4.88. The molecule has 35 heavy (non-hydrogen) atoms. The van der Waals surface area contributed by atoms with Crippen LogP contribution in [0.3, 0.4) is 0 Å². The van der Waals surface area contributed by atoms with Gasteiger partial charge in [0.1, 0.15) is 0 Å². The minimum Gasteiger partial charge on any atom is -0.477 e. The summed E-state index contributed by atoms with van der Waals surface area (Å²) in [6.07, 6.45) is 8.63. The average molecular weight is 472 g/mol. The van der Waals surface area contributed by atoms with Gasteiger partial charge in [-0.15, -0.1) is 0 Å². The molecule has 4 aromatic rings. The van der Waals surface area contributed by atoms with Crippen LogP contribution in [0.15, 0.2) is 42.9 Å². The van der Waals surface area contributed by atoms with E-state index >= 15 is 0 Å². The van der Waals surface area contributed by atoms with Gasteiger partial charge in [0.05, 0.1) is 34.6 Å². The summed E-state index contributed by atoms with van der Waals surface area (Å²) in [6, 6.07) is 8.72. The maximum atomic E-state index is 5.85. The number of fused-ring (bicyclic) bond motifs is 1. The Labute approximate surface area is 208 Å². The molecule has 4 heterocycles. The van der Waals surface area contributed by atoms with Gasteiger partial charge in [0.15, 0.2) is 0 Å². The molecule has 0 amide bonds. The van der Waals surface area contributed by atoms with Crippen LogP contribution in [0.5, 0.6) is 5.88 Å². The predicted octanol–water partition coefficient (Wildman–Crippen LogP) is 6.91. The van der Waals surface area contributed by atoms with Crippen LogP contribution in [-0.2, 0) is 19.4 Å². The standard InChI is InChI=1S/C29H37N5O/c1-7-19(5)34-26(9-3)20(6)27-28(34)25(32-18-22-14-21(8-2)16-30-17-22)15-24(33-27)23-12-11-13-31-29(23)35-10-4/h11-17,19H,7-10,18H2,1-6H3,(H,32,33). The van der Waals surface area contributed by atoms with Gasteiger partial charge >= 0.3 is 0 Å². The van der Waals surface area contributed by atoms with Crippen LogP contribution in [0.2, 0.25) is 0 Å². The Morgan fingerprint density at radius 3 is 2.57 bits per heavy atom. The lowest BCUT2D eigenvalue weighted by Crippen LogP contribution is -2.10. The number of ether oxygens (including phenoxy) is 1. The zero-order chi connectivity index (χ0) is 24.9. The van der Waals surface area contributed by atoms with Crippen molar-refractivity contribution in [2.45, 2.75) is 73.4 Å². The fourth-order valence-corrected chi connectivity index (χ4v) is 4.74. The Morgan fingerprint density at radius 2 is 1.86 bits per heavy atom. The van der Waals surface area contributed by atoms with E-state index in [9.17, 15) is 0 Å². The monoisotopic (exact) mass is 471 g/mol. The van der Waals surface area contributed by atoms with Crippen LogP contribution in [-0.4, -0.2) is 26.1 Å². The fourth-order valence-electron chi connectivity index (χ4n) is 4.74. The zero-order valence-electron chi connectivity index (χ0n) is 21.9. The van der Waals surface area contributed by atoms with Gasteiger partial charge in [-0.25, -0.2) is 9.97 Å². The molecule has 0 spiro atoms. The maximum Gasteiger partial charge on any atom is 0.222 e. The third-order valence-electron chi connectivity index (χ3n) is 6.75. The van der Waals surface area contributed by atoms with Crippen molar-refractivity contribution in [3.63, 3.8) is 0 Å². The van der Waals surface area contributed by atoms with Crippen LogP contribution in [0.4, 0.5) is 5.69 Å². The number of pyridine rings is 3. The Bertz CT molecular complexity index is 1310. The predicted molar refractivity (Wildman–Crippen MR) is 144 cm³/mol. The second-order valence-electron chi connectivity index (χ2n) is 9.00. The van der Waals surface area contributed by atoms with E-state index in [1.807, 2.05) is 31.5 Å². The lowest BCUT2D eigenvalue weighted by molar-refractivity contribution is 0.328. The molecule has 0 saturated heterocycles. The Morgan fingerprint density at radius 1 is 1.06 bits per heavy atom. The zero-order valence-corrected chi connectivity index (χ0v) is 21.9. The van der Waals surface area contributed by atoms with Crippen LogP contribution in [0.1, 0.15) is 69.5 Å². The summed E-state index contributed by atoms with van der Waals surface area (Å²) in [7, 11) is 0. The first-order valence-corrected chi connectivity index (χ1v) is 12.8. The number of hydrogen-bond donors (Lipinski definition) is 1. The van der Waals surface area contributed by atoms with Crippen LogP contribution in [0.25, 0.3) is 22.3 Å². The lowest BCUT2D eigenvalue weighted by Gasteiger charge is -2.20. The maximum absolute atomic E-state index is 5.85. The number of aryl methyl sites for hydroxylation is 2. The minimum atomic E-state index is 0.372. The summed E-state index contributed by atoms with van der Waals surface area (Å²) >= 11 is 0. The minimum absolute atomic E-state index is 0.372. The van der Waals surface area contributed by atoms with Crippen molar-refractivity contribution >= 4 is 16.7 Å². The molecule has 0 aliphatic heterocycles. The van der Waals surface area contributed by atoms with E-state index in [1.54, 1.807) is 6.20 Å². The summed E-state index contributed by atoms with van der Waals surface area (Å²) in [5, 5.41) is 3.74. The van der Waals surface area contributed by atoms with Crippen molar-refractivity contribution in [1.82, 2.24) is 19.5 Å². The second kappa shape index (κ2) is 10.9. The van der Waals surface area contributed by atoms with Gasteiger partial charge < -0.3 is 14.6 Å². The number of rotatable bonds is 10. The van der Waals surface area contributed by atoms with Crippen LogP contribution < -0.4 is 10.1 Å². The molecule has 4 aromatic heterocycles. The molecule has 0 bridgehead atoms. The molecule has 184 valence electrons. The smallest absolute Gasteiger partial charge is 0.222 e. The normalized spacial score (nSPS) is 12.2. The molecule has 0 aromatic carbocycles. The summed E-state index contributed by atoms with van der Waals surface area (Å²) in [4.78, 5) is 14.1. The molecule has 6 nitrogen and oxygen atoms in total. The molecule has 1 atom stereocenters. The van der Waals surface area contributed by atoms with Gasteiger partial charge in [0, 0.05) is 36.9 Å². The first-order chi connectivity index (χ1) is 17.0. The number of anilines is 1. The number of aromatic nitrogens is 4. The second-order valence-corrected chi connectivity index (χ2v) is 9.00. The fraction of sp³-hybridized carbons (Fsp3) is 0.414. The van der Waals surface area contributed by atoms with Gasteiger partial charge in [0.25, 0.3) is 0 Å². The molecule has 1 N–H and O–H groups in total. The number of nitrogens with one attached hydrogen (secondary N) is 1. The van der Waals surface area contributed by atoms with E-state index in [4.69, 9.17) is 9.72 Å². The molecule has 0 aliphatic carbocycles. The lowest BCUT2D eigenvalue weighted by atomic mass is 10.1. The van der Waals surface area contributed by atoms with Crippen molar-refractivity contribution in [1.29, 1.82) is 0 Å². The molecule has 0 aliphatic rings. The topological polar surface area (TPSA) is 64.9 Å². The first-order valence-electron chi connectivity index (χ1n) is 12.8. The Hall–Kier alpha value is -3.41. The average Bonchev–Trinajstić information content (AvgIpc) is 3.19. The number of nitrogens with zero attached hydrogens (tertiary/aromatic N) is 4. The molecule has 0 fully saturated rings. The largest absolute Gasteiger partial charge is 0.477 e. The van der Waals surface area contributed by atoms with E-state index in [1.165, 1.54) is 27.9 Å². The molecule has 4 rings (SSSR count). The SMILES string of the molecule is CCOc1ncccc1-c1cc(NCc2cncc(CC)c2)c2c(n1)c(C)c(CC)n2C(C)CC. The molecule has 1 unspecified atom stereocenters.